The summed E-state index contributed by atoms with van der Waals surface area (Å²) in [6.07, 6.45) is 13.8. The monoisotopic (exact) mass is 412 g/mol. The van der Waals surface area contributed by atoms with E-state index in [1.54, 1.807) is 0 Å². The molecule has 0 bridgehead atoms. The maximum atomic E-state index is 5.82. The maximum absolute atomic E-state index is 5.82. The van der Waals surface area contributed by atoms with Gasteiger partial charge in [0.1, 0.15) is 6.10 Å². The molecular weight excluding hydrogens is 360 g/mol. The lowest BCUT2D eigenvalue weighted by Crippen LogP contribution is -2.24. The van der Waals surface area contributed by atoms with Gasteiger partial charge >= 0.3 is 0 Å². The molecule has 0 aromatic rings. The van der Waals surface area contributed by atoms with Crippen molar-refractivity contribution in [1.82, 2.24) is 0 Å². The Bertz CT molecular complexity index is 393. The van der Waals surface area contributed by atoms with Crippen LogP contribution >= 0.6 is 0 Å². The lowest BCUT2D eigenvalue weighted by atomic mass is 9.91. The van der Waals surface area contributed by atoms with Gasteiger partial charge in [0.25, 0.3) is 0 Å². The molecule has 1 aliphatic heterocycles. The molecule has 0 aromatic heterocycles. The number of ether oxygens (including phenoxy) is 3. The van der Waals surface area contributed by atoms with E-state index in [9.17, 15) is 0 Å². The molecule has 3 heteroatoms. The van der Waals surface area contributed by atoms with Crippen molar-refractivity contribution in [2.45, 2.75) is 125 Å². The molecule has 0 radical (unpaired) electrons. The van der Waals surface area contributed by atoms with Gasteiger partial charge in [-0.1, -0.05) is 92.4 Å². The Morgan fingerprint density at radius 2 is 1.24 bits per heavy atom. The normalized spacial score (nSPS) is 22.1. The lowest BCUT2D eigenvalue weighted by Gasteiger charge is -2.18. The number of hydrogen-bond donors (Lipinski definition) is 0. The van der Waals surface area contributed by atoms with Crippen molar-refractivity contribution in [2.75, 3.05) is 19.8 Å². The van der Waals surface area contributed by atoms with E-state index in [1.165, 1.54) is 57.8 Å². The van der Waals surface area contributed by atoms with Gasteiger partial charge in [-0.15, -0.1) is 0 Å². The highest BCUT2D eigenvalue weighted by molar-refractivity contribution is 4.70. The molecule has 0 spiro atoms. The van der Waals surface area contributed by atoms with Gasteiger partial charge in [0, 0.05) is 6.61 Å². The largest absolute Gasteiger partial charge is 0.379 e. The molecule has 0 aromatic carbocycles. The van der Waals surface area contributed by atoms with Gasteiger partial charge in [0.05, 0.1) is 13.2 Å². The molecule has 29 heavy (non-hydrogen) atoms. The van der Waals surface area contributed by atoms with Crippen LogP contribution in [0.25, 0.3) is 0 Å². The summed E-state index contributed by atoms with van der Waals surface area (Å²) in [6, 6.07) is 0. The maximum Gasteiger partial charge on any atom is 0.163 e. The van der Waals surface area contributed by atoms with Crippen LogP contribution in [0.1, 0.15) is 113 Å². The molecule has 1 heterocycles. The first-order valence-electron chi connectivity index (χ1n) is 12.6. The van der Waals surface area contributed by atoms with E-state index in [2.05, 4.69) is 34.6 Å². The van der Waals surface area contributed by atoms with Crippen LogP contribution in [-0.2, 0) is 14.2 Å². The summed E-state index contributed by atoms with van der Waals surface area (Å²) in [5.74, 6) is 2.96. The van der Waals surface area contributed by atoms with Crippen LogP contribution < -0.4 is 0 Å². The lowest BCUT2D eigenvalue weighted by molar-refractivity contribution is -0.145. The SMILES string of the molecule is CC(C)CCC[C@@H](C)CCC[C@@H](C)CCC[C@@H](C)CCOC[C@@H]1COC(C)(C)O1. The van der Waals surface area contributed by atoms with Crippen molar-refractivity contribution in [3.63, 3.8) is 0 Å². The Morgan fingerprint density at radius 1 is 0.759 bits per heavy atom. The third kappa shape index (κ3) is 14.5. The average molecular weight is 413 g/mol. The van der Waals surface area contributed by atoms with E-state index in [-0.39, 0.29) is 6.10 Å². The molecule has 4 atom stereocenters. The van der Waals surface area contributed by atoms with Crippen LogP contribution in [-0.4, -0.2) is 31.7 Å². The minimum Gasteiger partial charge on any atom is -0.379 e. The molecule has 3 nitrogen and oxygen atoms in total. The first kappa shape index (κ1) is 26.9. The van der Waals surface area contributed by atoms with Gasteiger partial charge in [0.2, 0.25) is 0 Å². The third-order valence-corrected chi connectivity index (χ3v) is 6.39. The van der Waals surface area contributed by atoms with E-state index >= 15 is 0 Å². The van der Waals surface area contributed by atoms with E-state index < -0.39 is 5.79 Å². The molecule has 1 aliphatic rings. The fourth-order valence-electron chi connectivity index (χ4n) is 4.28. The highest BCUT2D eigenvalue weighted by Crippen LogP contribution is 2.24. The van der Waals surface area contributed by atoms with Gasteiger partial charge in [-0.05, 0) is 43.9 Å². The zero-order valence-electron chi connectivity index (χ0n) is 20.8. The van der Waals surface area contributed by atoms with Gasteiger partial charge < -0.3 is 14.2 Å². The molecule has 0 N–H and O–H groups in total. The Hall–Kier alpha value is -0.120. The smallest absolute Gasteiger partial charge is 0.163 e. The predicted octanol–water partition coefficient (Wildman–Crippen LogP) is 7.62. The van der Waals surface area contributed by atoms with Gasteiger partial charge in [0.15, 0.2) is 5.79 Å². The van der Waals surface area contributed by atoms with Crippen molar-refractivity contribution >= 4 is 0 Å². The van der Waals surface area contributed by atoms with Crippen molar-refractivity contribution in [2.24, 2.45) is 23.7 Å². The van der Waals surface area contributed by atoms with Crippen LogP contribution in [0.15, 0.2) is 0 Å². The highest BCUT2D eigenvalue weighted by atomic mass is 16.7. The molecular formula is C26H52O3. The van der Waals surface area contributed by atoms with Crippen LogP contribution in [0.3, 0.4) is 0 Å². The Kier molecular flexibility index (Phi) is 13.7. The van der Waals surface area contributed by atoms with Gasteiger partial charge in [-0.2, -0.15) is 0 Å². The highest BCUT2D eigenvalue weighted by Gasteiger charge is 2.32. The fraction of sp³-hybridized carbons (Fsp3) is 1.00. The zero-order chi connectivity index (χ0) is 21.7. The van der Waals surface area contributed by atoms with Crippen LogP contribution in [0.5, 0.6) is 0 Å². The second kappa shape index (κ2) is 14.8. The first-order valence-corrected chi connectivity index (χ1v) is 12.6. The number of rotatable bonds is 17. The summed E-state index contributed by atoms with van der Waals surface area (Å²) in [6.45, 7) is 18.0. The van der Waals surface area contributed by atoms with Gasteiger partial charge in [-0.25, -0.2) is 0 Å². The summed E-state index contributed by atoms with van der Waals surface area (Å²) in [4.78, 5) is 0. The second-order valence-corrected chi connectivity index (χ2v) is 10.8. The van der Waals surface area contributed by atoms with E-state index in [4.69, 9.17) is 14.2 Å². The molecule has 0 amide bonds. The average Bonchev–Trinajstić information content (AvgIpc) is 2.97. The zero-order valence-corrected chi connectivity index (χ0v) is 20.8. The van der Waals surface area contributed by atoms with Crippen LogP contribution in [0, 0.1) is 23.7 Å². The quantitative estimate of drug-likeness (QED) is 0.230. The summed E-state index contributed by atoms with van der Waals surface area (Å²) in [5, 5.41) is 0. The van der Waals surface area contributed by atoms with Crippen LogP contribution in [0.4, 0.5) is 0 Å². The Labute approximate surface area is 182 Å². The Balaban J connectivity index is 1.93. The van der Waals surface area contributed by atoms with Gasteiger partial charge in [-0.3, -0.25) is 0 Å². The second-order valence-electron chi connectivity index (χ2n) is 10.8. The van der Waals surface area contributed by atoms with E-state index in [0.717, 1.165) is 36.7 Å². The molecule has 1 rings (SSSR count). The van der Waals surface area contributed by atoms with Crippen molar-refractivity contribution < 1.29 is 14.2 Å². The van der Waals surface area contributed by atoms with E-state index in [1.807, 2.05) is 13.8 Å². The molecule has 0 aliphatic carbocycles. The topological polar surface area (TPSA) is 27.7 Å². The standard InChI is InChI=1S/C26H52O3/c1-21(2)11-8-12-22(3)13-9-14-23(4)15-10-16-24(5)17-18-27-19-25-20-28-26(6,7)29-25/h21-25H,8-20H2,1-7H3/t22-,23-,24-,25-/m1/s1. The van der Waals surface area contributed by atoms with Crippen molar-refractivity contribution in [3.8, 4) is 0 Å². The summed E-state index contributed by atoms with van der Waals surface area (Å²) >= 11 is 0. The first-order chi connectivity index (χ1) is 13.7. The fourth-order valence-corrected chi connectivity index (χ4v) is 4.28. The molecule has 1 saturated heterocycles. The van der Waals surface area contributed by atoms with Crippen LogP contribution in [0.2, 0.25) is 0 Å². The van der Waals surface area contributed by atoms with E-state index in [0.29, 0.717) is 13.2 Å². The molecule has 0 saturated carbocycles. The minimum absolute atomic E-state index is 0.0964. The summed E-state index contributed by atoms with van der Waals surface area (Å²) in [7, 11) is 0. The predicted molar refractivity (Wildman–Crippen MR) is 124 cm³/mol. The summed E-state index contributed by atoms with van der Waals surface area (Å²) in [5.41, 5.74) is 0. The molecule has 1 fully saturated rings. The third-order valence-electron chi connectivity index (χ3n) is 6.39. The molecule has 0 unspecified atom stereocenters. The summed E-state index contributed by atoms with van der Waals surface area (Å²) < 4.78 is 17.2. The number of hydrogen-bond acceptors (Lipinski definition) is 3. The Morgan fingerprint density at radius 3 is 1.69 bits per heavy atom. The molecule has 174 valence electrons. The minimum atomic E-state index is -0.441. The van der Waals surface area contributed by atoms with Crippen molar-refractivity contribution in [1.29, 1.82) is 0 Å². The van der Waals surface area contributed by atoms with Crippen molar-refractivity contribution in [3.05, 3.63) is 0 Å².